The fraction of sp³-hybridized carbons (Fsp3) is 0.286. The van der Waals surface area contributed by atoms with Crippen molar-refractivity contribution in [2.45, 2.75) is 11.8 Å². The lowest BCUT2D eigenvalue weighted by Gasteiger charge is -2.09. The van der Waals surface area contributed by atoms with Crippen LogP contribution in [0.15, 0.2) is 35.7 Å². The molecule has 0 radical (unpaired) electrons. The quantitative estimate of drug-likeness (QED) is 0.405. The van der Waals surface area contributed by atoms with Crippen LogP contribution in [-0.4, -0.2) is 30.8 Å². The minimum absolute atomic E-state index is 0.0846. The van der Waals surface area contributed by atoms with E-state index in [1.165, 1.54) is 17.8 Å². The standard InChI is InChI=1S/C14H19N3O3S/c1-3-7-16-14(19)17-13(18)9-21-12-8-10(20-4-2)5-6-11(12)15/h3,5-6,8H,1,4,7,9,15H2,2H3,(H2,16,17,18,19). The van der Waals surface area contributed by atoms with Gasteiger partial charge in [-0.1, -0.05) is 6.08 Å². The number of nitrogens with one attached hydrogen (secondary N) is 2. The Balaban J connectivity index is 2.50. The molecule has 1 aromatic rings. The SMILES string of the molecule is C=CCNC(=O)NC(=O)CSc1cc(OCC)ccc1N. The molecular formula is C14H19N3O3S. The number of thioether (sulfide) groups is 1. The van der Waals surface area contributed by atoms with Gasteiger partial charge in [0.25, 0.3) is 0 Å². The lowest BCUT2D eigenvalue weighted by atomic mass is 10.3. The summed E-state index contributed by atoms with van der Waals surface area (Å²) in [5.74, 6) is 0.377. The Morgan fingerprint density at radius 2 is 2.24 bits per heavy atom. The monoisotopic (exact) mass is 309 g/mol. The fourth-order valence-corrected chi connectivity index (χ4v) is 2.20. The van der Waals surface area contributed by atoms with Crippen LogP contribution < -0.4 is 21.1 Å². The maximum absolute atomic E-state index is 11.6. The van der Waals surface area contributed by atoms with Gasteiger partial charge >= 0.3 is 6.03 Å². The number of carbonyl (C=O) groups is 2. The summed E-state index contributed by atoms with van der Waals surface area (Å²) in [5.41, 5.74) is 6.40. The predicted molar refractivity (Wildman–Crippen MR) is 84.5 cm³/mol. The lowest BCUT2D eigenvalue weighted by molar-refractivity contribution is -0.117. The molecule has 4 N–H and O–H groups in total. The summed E-state index contributed by atoms with van der Waals surface area (Å²) in [7, 11) is 0. The molecule has 0 heterocycles. The number of urea groups is 1. The van der Waals surface area contributed by atoms with Crippen molar-refractivity contribution in [3.05, 3.63) is 30.9 Å². The van der Waals surface area contributed by atoms with E-state index in [0.29, 0.717) is 24.6 Å². The third-order valence-corrected chi connectivity index (χ3v) is 3.39. The number of imide groups is 1. The number of hydrogen-bond acceptors (Lipinski definition) is 5. The Morgan fingerprint density at radius 3 is 2.90 bits per heavy atom. The number of nitrogens with two attached hydrogens (primary N) is 1. The van der Waals surface area contributed by atoms with Gasteiger partial charge in [-0.15, -0.1) is 18.3 Å². The van der Waals surface area contributed by atoms with E-state index in [9.17, 15) is 9.59 Å². The zero-order valence-electron chi connectivity index (χ0n) is 11.8. The minimum atomic E-state index is -0.545. The van der Waals surface area contributed by atoms with Gasteiger partial charge in [0.05, 0.1) is 12.4 Å². The van der Waals surface area contributed by atoms with Gasteiger partial charge in [0.15, 0.2) is 0 Å². The van der Waals surface area contributed by atoms with Gasteiger partial charge in [-0.05, 0) is 25.1 Å². The first-order valence-electron chi connectivity index (χ1n) is 6.40. The van der Waals surface area contributed by atoms with E-state index >= 15 is 0 Å². The first-order valence-corrected chi connectivity index (χ1v) is 7.39. The van der Waals surface area contributed by atoms with Gasteiger partial charge in [-0.2, -0.15) is 0 Å². The van der Waals surface area contributed by atoms with E-state index in [-0.39, 0.29) is 5.75 Å². The molecule has 0 aliphatic heterocycles. The van der Waals surface area contributed by atoms with Gasteiger partial charge in [0.1, 0.15) is 5.75 Å². The summed E-state index contributed by atoms with van der Waals surface area (Å²) < 4.78 is 5.37. The van der Waals surface area contributed by atoms with Crippen LogP contribution in [-0.2, 0) is 4.79 Å². The molecule has 1 rings (SSSR count). The molecule has 0 fully saturated rings. The predicted octanol–water partition coefficient (Wildman–Crippen LogP) is 1.77. The second-order valence-corrected chi connectivity index (χ2v) is 4.99. The van der Waals surface area contributed by atoms with Crippen LogP contribution in [0.4, 0.5) is 10.5 Å². The molecule has 3 amide bonds. The highest BCUT2D eigenvalue weighted by atomic mass is 32.2. The van der Waals surface area contributed by atoms with Crippen LogP contribution in [0.2, 0.25) is 0 Å². The average Bonchev–Trinajstić information content (AvgIpc) is 2.46. The fourth-order valence-electron chi connectivity index (χ4n) is 1.41. The van der Waals surface area contributed by atoms with Crippen molar-refractivity contribution in [1.82, 2.24) is 10.6 Å². The second-order valence-electron chi connectivity index (χ2n) is 3.97. The Kier molecular flexibility index (Phi) is 7.17. The highest BCUT2D eigenvalue weighted by Crippen LogP contribution is 2.29. The summed E-state index contributed by atoms with van der Waals surface area (Å²) >= 11 is 1.24. The second kappa shape index (κ2) is 8.91. The zero-order valence-corrected chi connectivity index (χ0v) is 12.7. The van der Waals surface area contributed by atoms with Gasteiger partial charge in [-0.25, -0.2) is 4.79 Å². The van der Waals surface area contributed by atoms with E-state index in [0.717, 1.165) is 4.90 Å². The molecule has 21 heavy (non-hydrogen) atoms. The average molecular weight is 309 g/mol. The molecule has 0 aliphatic rings. The van der Waals surface area contributed by atoms with Crippen molar-refractivity contribution in [3.63, 3.8) is 0 Å². The van der Waals surface area contributed by atoms with Crippen LogP contribution in [0.25, 0.3) is 0 Å². The van der Waals surface area contributed by atoms with Gasteiger partial charge in [0.2, 0.25) is 5.91 Å². The molecule has 0 unspecified atom stereocenters. The number of anilines is 1. The Labute approximate surface area is 128 Å². The van der Waals surface area contributed by atoms with Crippen molar-refractivity contribution < 1.29 is 14.3 Å². The van der Waals surface area contributed by atoms with Gasteiger partial charge in [0, 0.05) is 17.1 Å². The maximum atomic E-state index is 11.6. The van der Waals surface area contributed by atoms with Crippen molar-refractivity contribution in [2.75, 3.05) is 24.6 Å². The molecule has 7 heteroatoms. The van der Waals surface area contributed by atoms with E-state index in [2.05, 4.69) is 17.2 Å². The first-order chi connectivity index (χ1) is 10.1. The molecule has 0 saturated heterocycles. The van der Waals surface area contributed by atoms with Gasteiger partial charge < -0.3 is 15.8 Å². The first kappa shape index (κ1) is 16.9. The van der Waals surface area contributed by atoms with Crippen LogP contribution in [0.5, 0.6) is 5.75 Å². The highest BCUT2D eigenvalue weighted by molar-refractivity contribution is 8.00. The summed E-state index contributed by atoms with van der Waals surface area (Å²) in [4.78, 5) is 23.6. The van der Waals surface area contributed by atoms with Crippen molar-refractivity contribution in [3.8, 4) is 5.75 Å². The molecule has 0 spiro atoms. The summed E-state index contributed by atoms with van der Waals surface area (Å²) in [5, 5.41) is 4.67. The molecule has 6 nitrogen and oxygen atoms in total. The van der Waals surface area contributed by atoms with Crippen LogP contribution in [0.1, 0.15) is 6.92 Å². The molecule has 1 aromatic carbocycles. The summed E-state index contributed by atoms with van der Waals surface area (Å²) in [6, 6.07) is 4.72. The lowest BCUT2D eigenvalue weighted by Crippen LogP contribution is -2.40. The van der Waals surface area contributed by atoms with E-state index in [4.69, 9.17) is 10.5 Å². The van der Waals surface area contributed by atoms with E-state index in [1.807, 2.05) is 6.92 Å². The number of nitrogen functional groups attached to an aromatic ring is 1. The maximum Gasteiger partial charge on any atom is 0.321 e. The molecule has 0 atom stereocenters. The molecule has 0 saturated carbocycles. The van der Waals surface area contributed by atoms with Crippen molar-refractivity contribution in [1.29, 1.82) is 0 Å². The number of carbonyl (C=O) groups excluding carboxylic acids is 2. The number of amides is 3. The molecule has 114 valence electrons. The minimum Gasteiger partial charge on any atom is -0.494 e. The topological polar surface area (TPSA) is 93.5 Å². The highest BCUT2D eigenvalue weighted by Gasteiger charge is 2.09. The van der Waals surface area contributed by atoms with E-state index in [1.54, 1.807) is 18.2 Å². The van der Waals surface area contributed by atoms with Crippen LogP contribution in [0.3, 0.4) is 0 Å². The van der Waals surface area contributed by atoms with Gasteiger partial charge in [-0.3, -0.25) is 10.1 Å². The third kappa shape index (κ3) is 6.22. The number of ether oxygens (including phenoxy) is 1. The largest absolute Gasteiger partial charge is 0.494 e. The third-order valence-electron chi connectivity index (χ3n) is 2.31. The molecule has 0 aliphatic carbocycles. The molecular weight excluding hydrogens is 290 g/mol. The number of benzene rings is 1. The molecule has 0 aromatic heterocycles. The normalized spacial score (nSPS) is 9.76. The number of hydrogen-bond donors (Lipinski definition) is 3. The Morgan fingerprint density at radius 1 is 1.48 bits per heavy atom. The van der Waals surface area contributed by atoms with Crippen molar-refractivity contribution in [2.24, 2.45) is 0 Å². The van der Waals surface area contributed by atoms with Crippen molar-refractivity contribution >= 4 is 29.4 Å². The smallest absolute Gasteiger partial charge is 0.321 e. The van der Waals surface area contributed by atoms with Crippen LogP contribution >= 0.6 is 11.8 Å². The molecule has 0 bridgehead atoms. The Bertz CT molecular complexity index is 520. The van der Waals surface area contributed by atoms with Crippen LogP contribution in [0, 0.1) is 0 Å². The zero-order chi connectivity index (χ0) is 15.7. The summed E-state index contributed by atoms with van der Waals surface area (Å²) in [6.07, 6.45) is 1.53. The van der Waals surface area contributed by atoms with E-state index < -0.39 is 11.9 Å². The number of rotatable bonds is 7. The summed E-state index contributed by atoms with van der Waals surface area (Å²) in [6.45, 7) is 6.21. The Hall–Kier alpha value is -2.15.